The summed E-state index contributed by atoms with van der Waals surface area (Å²) in [7, 11) is 0. The Hall–Kier alpha value is -0.740. The van der Waals surface area contributed by atoms with Crippen molar-refractivity contribution < 1.29 is 4.79 Å². The second-order valence-corrected chi connectivity index (χ2v) is 6.83. The van der Waals surface area contributed by atoms with Gasteiger partial charge in [-0.3, -0.25) is 4.79 Å². The van der Waals surface area contributed by atoms with E-state index in [1.807, 2.05) is 6.07 Å². The molecule has 1 N–H and O–H groups in total. The summed E-state index contributed by atoms with van der Waals surface area (Å²) in [5, 5.41) is 4.45. The van der Waals surface area contributed by atoms with Gasteiger partial charge < -0.3 is 5.32 Å². The summed E-state index contributed by atoms with van der Waals surface area (Å²) in [6.07, 6.45) is 5.00. The van der Waals surface area contributed by atoms with E-state index in [1.54, 1.807) is 12.3 Å². The van der Waals surface area contributed by atoms with E-state index in [0.717, 1.165) is 23.8 Å². The molecule has 3 nitrogen and oxygen atoms in total. The number of hydrogen-bond acceptors (Lipinski definition) is 3. The quantitative estimate of drug-likeness (QED) is 0.733. The average Bonchev–Trinajstić information content (AvgIpc) is 2.37. The molecule has 0 bridgehead atoms. The third-order valence-electron chi connectivity index (χ3n) is 2.88. The fourth-order valence-corrected chi connectivity index (χ4v) is 2.57. The van der Waals surface area contributed by atoms with Crippen LogP contribution in [0.5, 0.6) is 0 Å². The molecule has 1 aromatic rings. The smallest absolute Gasteiger partial charge is 0.230 e. The minimum atomic E-state index is 0.0591. The molecular formula is C15H23ClN2OS. The zero-order valence-electron chi connectivity index (χ0n) is 12.4. The van der Waals surface area contributed by atoms with Crippen molar-refractivity contribution in [3.63, 3.8) is 0 Å². The van der Waals surface area contributed by atoms with Crippen molar-refractivity contribution >= 4 is 29.3 Å². The Labute approximate surface area is 130 Å². The van der Waals surface area contributed by atoms with Gasteiger partial charge in [0.25, 0.3) is 0 Å². The number of nitrogens with one attached hydrogen (secondary N) is 1. The van der Waals surface area contributed by atoms with Crippen LogP contribution in [0.3, 0.4) is 0 Å². The summed E-state index contributed by atoms with van der Waals surface area (Å²) in [6, 6.07) is 3.84. The largest absolute Gasteiger partial charge is 0.353 e. The van der Waals surface area contributed by atoms with Gasteiger partial charge in [0.15, 0.2) is 0 Å². The first kappa shape index (κ1) is 17.3. The van der Waals surface area contributed by atoms with Gasteiger partial charge >= 0.3 is 0 Å². The molecule has 0 radical (unpaired) electrons. The van der Waals surface area contributed by atoms with Crippen molar-refractivity contribution in [2.75, 3.05) is 5.75 Å². The predicted molar refractivity (Wildman–Crippen MR) is 86.3 cm³/mol. The number of carbonyl (C=O) groups excluding carboxylic acids is 1. The Morgan fingerprint density at radius 3 is 2.70 bits per heavy atom. The molecular weight excluding hydrogens is 292 g/mol. The minimum absolute atomic E-state index is 0.0591. The Kier molecular flexibility index (Phi) is 8.00. The molecule has 0 saturated heterocycles. The molecule has 0 aliphatic heterocycles. The lowest BCUT2D eigenvalue weighted by atomic mass is 10.0. The number of carbonyl (C=O) groups is 1. The molecule has 0 saturated carbocycles. The molecule has 5 heteroatoms. The first-order valence-electron chi connectivity index (χ1n) is 7.01. The first-order valence-corrected chi connectivity index (χ1v) is 8.37. The molecule has 0 aliphatic rings. The van der Waals surface area contributed by atoms with Gasteiger partial charge in [-0.05, 0) is 31.4 Å². The molecule has 112 valence electrons. The van der Waals surface area contributed by atoms with Crippen LogP contribution in [-0.2, 0) is 4.79 Å². The number of nitrogens with zero attached hydrogens (tertiary/aromatic N) is 1. The summed E-state index contributed by atoms with van der Waals surface area (Å²) in [5.41, 5.74) is 0. The molecule has 1 atom stereocenters. The average molecular weight is 315 g/mol. The normalized spacial score (nSPS) is 12.4. The van der Waals surface area contributed by atoms with Crippen LogP contribution in [0.25, 0.3) is 0 Å². The topological polar surface area (TPSA) is 42.0 Å². The maximum atomic E-state index is 11.8. The van der Waals surface area contributed by atoms with Crippen LogP contribution in [0, 0.1) is 5.92 Å². The van der Waals surface area contributed by atoms with Gasteiger partial charge in [0.1, 0.15) is 0 Å². The number of thioether (sulfide) groups is 1. The zero-order valence-corrected chi connectivity index (χ0v) is 13.9. The standard InChI is InChI=1S/C15H23ClN2OS/c1-11(2)5-4-6-12(3)18-14(19)10-20-15-8-7-13(16)9-17-15/h7-9,11-12H,4-6,10H2,1-3H3,(H,18,19). The van der Waals surface area contributed by atoms with E-state index in [2.05, 4.69) is 31.1 Å². The summed E-state index contributed by atoms with van der Waals surface area (Å²) < 4.78 is 0. The van der Waals surface area contributed by atoms with Crippen molar-refractivity contribution in [3.05, 3.63) is 23.4 Å². The highest BCUT2D eigenvalue weighted by atomic mass is 35.5. The lowest BCUT2D eigenvalue weighted by Crippen LogP contribution is -2.33. The Balaban J connectivity index is 2.20. The van der Waals surface area contributed by atoms with Crippen LogP contribution in [0.4, 0.5) is 0 Å². The SMILES string of the molecule is CC(C)CCCC(C)NC(=O)CSc1ccc(Cl)cn1. The Bertz CT molecular complexity index is 409. The van der Waals surface area contributed by atoms with Crippen molar-refractivity contribution in [3.8, 4) is 0 Å². The summed E-state index contributed by atoms with van der Waals surface area (Å²) in [6.45, 7) is 6.50. The van der Waals surface area contributed by atoms with Crippen molar-refractivity contribution in [1.29, 1.82) is 0 Å². The van der Waals surface area contributed by atoms with Crippen LogP contribution in [0.15, 0.2) is 23.4 Å². The summed E-state index contributed by atoms with van der Waals surface area (Å²) in [4.78, 5) is 16.0. The Morgan fingerprint density at radius 1 is 1.35 bits per heavy atom. The minimum Gasteiger partial charge on any atom is -0.353 e. The lowest BCUT2D eigenvalue weighted by molar-refractivity contribution is -0.119. The van der Waals surface area contributed by atoms with E-state index in [9.17, 15) is 4.79 Å². The monoisotopic (exact) mass is 314 g/mol. The maximum Gasteiger partial charge on any atom is 0.230 e. The fourth-order valence-electron chi connectivity index (χ4n) is 1.81. The Morgan fingerprint density at radius 2 is 2.10 bits per heavy atom. The second kappa shape index (κ2) is 9.24. The third-order valence-corrected chi connectivity index (χ3v) is 4.04. The highest BCUT2D eigenvalue weighted by Gasteiger charge is 2.08. The molecule has 0 aromatic carbocycles. The van der Waals surface area contributed by atoms with Gasteiger partial charge in [-0.1, -0.05) is 50.1 Å². The molecule has 1 aromatic heterocycles. The van der Waals surface area contributed by atoms with Gasteiger partial charge in [0, 0.05) is 12.2 Å². The molecule has 0 aliphatic carbocycles. The number of pyridine rings is 1. The fraction of sp³-hybridized carbons (Fsp3) is 0.600. The number of amides is 1. The van der Waals surface area contributed by atoms with Crippen LogP contribution in [-0.4, -0.2) is 22.7 Å². The highest BCUT2D eigenvalue weighted by molar-refractivity contribution is 7.99. The van der Waals surface area contributed by atoms with E-state index in [0.29, 0.717) is 10.8 Å². The first-order chi connectivity index (χ1) is 9.47. The van der Waals surface area contributed by atoms with E-state index in [4.69, 9.17) is 11.6 Å². The van der Waals surface area contributed by atoms with E-state index < -0.39 is 0 Å². The highest BCUT2D eigenvalue weighted by Crippen LogP contribution is 2.17. The van der Waals surface area contributed by atoms with Gasteiger partial charge in [0.05, 0.1) is 15.8 Å². The van der Waals surface area contributed by atoms with Crippen LogP contribution < -0.4 is 5.32 Å². The number of aromatic nitrogens is 1. The summed E-state index contributed by atoms with van der Waals surface area (Å²) in [5.74, 6) is 1.18. The molecule has 1 unspecified atom stereocenters. The van der Waals surface area contributed by atoms with Crippen LogP contribution >= 0.6 is 23.4 Å². The van der Waals surface area contributed by atoms with Gasteiger partial charge in [-0.15, -0.1) is 0 Å². The second-order valence-electron chi connectivity index (χ2n) is 5.40. The van der Waals surface area contributed by atoms with Crippen molar-refractivity contribution in [1.82, 2.24) is 10.3 Å². The molecule has 1 amide bonds. The van der Waals surface area contributed by atoms with E-state index >= 15 is 0 Å². The number of halogens is 1. The summed E-state index contributed by atoms with van der Waals surface area (Å²) >= 11 is 7.19. The van der Waals surface area contributed by atoms with Crippen molar-refractivity contribution in [2.24, 2.45) is 5.92 Å². The van der Waals surface area contributed by atoms with E-state index in [1.165, 1.54) is 18.2 Å². The maximum absolute atomic E-state index is 11.8. The molecule has 1 rings (SSSR count). The molecule has 1 heterocycles. The van der Waals surface area contributed by atoms with Crippen LogP contribution in [0.2, 0.25) is 5.02 Å². The molecule has 0 fully saturated rings. The number of rotatable bonds is 8. The molecule has 20 heavy (non-hydrogen) atoms. The van der Waals surface area contributed by atoms with Gasteiger partial charge in [-0.25, -0.2) is 4.98 Å². The lowest BCUT2D eigenvalue weighted by Gasteiger charge is -2.14. The molecule has 0 spiro atoms. The number of hydrogen-bond donors (Lipinski definition) is 1. The van der Waals surface area contributed by atoms with Crippen molar-refractivity contribution in [2.45, 2.75) is 51.1 Å². The van der Waals surface area contributed by atoms with Crippen LogP contribution in [0.1, 0.15) is 40.0 Å². The predicted octanol–water partition coefficient (Wildman–Crippen LogP) is 4.16. The van der Waals surface area contributed by atoms with Gasteiger partial charge in [0.2, 0.25) is 5.91 Å². The van der Waals surface area contributed by atoms with E-state index in [-0.39, 0.29) is 11.9 Å². The zero-order chi connectivity index (χ0) is 15.0. The third kappa shape index (κ3) is 7.75. The van der Waals surface area contributed by atoms with Gasteiger partial charge in [-0.2, -0.15) is 0 Å².